The lowest BCUT2D eigenvalue weighted by Gasteiger charge is -2.17. The number of hydrogen-bond acceptors (Lipinski definition) is 10. The summed E-state index contributed by atoms with van der Waals surface area (Å²) >= 11 is 24.3. The van der Waals surface area contributed by atoms with E-state index in [0.29, 0.717) is 11.1 Å². The van der Waals surface area contributed by atoms with E-state index in [9.17, 15) is 55.1 Å². The zero-order valence-corrected chi connectivity index (χ0v) is 38.3. The molecule has 0 bridgehead atoms. The molecule has 0 saturated carbocycles. The SMILES string of the molecule is CC(=O)C(N=Nc1cc(C(=O)Nc2cccc(C(F)(F)F)c2Cl)ccc1Cl)C(=O)Nc1cc(C)c(NC(=O)C(N=Nc2cc(C(=O)Nc3cccc(C(F)(F)F)c3Cl)ccc2Cl)C(C)=O)c(C)c1. The maximum atomic E-state index is 13.4. The maximum absolute atomic E-state index is 13.4. The van der Waals surface area contributed by atoms with E-state index in [1.54, 1.807) is 13.8 Å². The van der Waals surface area contributed by atoms with Gasteiger partial charge in [0.15, 0.2) is 11.6 Å². The number of nitrogens with zero attached hydrogens (tertiary/aromatic N) is 4. The van der Waals surface area contributed by atoms with Crippen molar-refractivity contribution in [3.8, 4) is 0 Å². The number of azo groups is 2. The first-order chi connectivity index (χ1) is 31.8. The van der Waals surface area contributed by atoms with Crippen molar-refractivity contribution in [3.05, 3.63) is 138 Å². The number of hydrogen-bond donors (Lipinski definition) is 4. The molecule has 5 aromatic carbocycles. The lowest BCUT2D eigenvalue weighted by molar-refractivity contribution is -0.138. The lowest BCUT2D eigenvalue weighted by atomic mass is 10.1. The Morgan fingerprint density at radius 3 is 1.28 bits per heavy atom. The second kappa shape index (κ2) is 21.5. The number of alkyl halides is 6. The number of carbonyl (C=O) groups excluding carboxylic acids is 6. The average Bonchev–Trinajstić information content (AvgIpc) is 3.23. The minimum absolute atomic E-state index is 0.0634. The minimum Gasteiger partial charge on any atom is -0.324 e. The molecule has 0 aliphatic carbocycles. The fourth-order valence-corrected chi connectivity index (χ4v) is 6.93. The van der Waals surface area contributed by atoms with Gasteiger partial charge in [0.2, 0.25) is 12.1 Å². The monoisotopic (exact) mass is 1020 g/mol. The largest absolute Gasteiger partial charge is 0.417 e. The molecule has 24 heteroatoms. The van der Waals surface area contributed by atoms with Crippen LogP contribution >= 0.6 is 46.4 Å². The van der Waals surface area contributed by atoms with Crippen molar-refractivity contribution >= 4 is 116 Å². The summed E-state index contributed by atoms with van der Waals surface area (Å²) in [6.07, 6.45) is -9.57. The number of aryl methyl sites for hydroxylation is 2. The number of benzene rings is 5. The Balaban J connectivity index is 1.27. The number of Topliss-reactive ketones (excluding diaryl/α,β-unsaturated/α-hetero) is 2. The molecule has 0 aliphatic heterocycles. The van der Waals surface area contributed by atoms with Crippen molar-refractivity contribution < 1.29 is 55.1 Å². The Morgan fingerprint density at radius 1 is 0.529 bits per heavy atom. The van der Waals surface area contributed by atoms with Crippen LogP contribution in [0.2, 0.25) is 20.1 Å². The molecule has 14 nitrogen and oxygen atoms in total. The van der Waals surface area contributed by atoms with Gasteiger partial charge < -0.3 is 21.3 Å². The van der Waals surface area contributed by atoms with Gasteiger partial charge in [-0.05, 0) is 112 Å². The summed E-state index contributed by atoms with van der Waals surface area (Å²) in [5, 5.41) is 23.6. The number of halogens is 10. The normalized spacial score (nSPS) is 12.7. The Hall–Kier alpha value is -6.74. The van der Waals surface area contributed by atoms with Crippen LogP contribution in [0.15, 0.2) is 105 Å². The highest BCUT2D eigenvalue weighted by Crippen LogP contribution is 2.40. The van der Waals surface area contributed by atoms with Crippen LogP contribution < -0.4 is 21.3 Å². The molecule has 0 aliphatic rings. The van der Waals surface area contributed by atoms with Gasteiger partial charge in [-0.1, -0.05) is 58.5 Å². The van der Waals surface area contributed by atoms with Crippen LogP contribution in [-0.2, 0) is 31.5 Å². The van der Waals surface area contributed by atoms with Crippen LogP contribution in [0, 0.1) is 13.8 Å². The number of amides is 4. The van der Waals surface area contributed by atoms with Crippen molar-refractivity contribution in [2.24, 2.45) is 20.5 Å². The average molecular weight is 1020 g/mol. The first-order valence-corrected chi connectivity index (χ1v) is 20.8. The van der Waals surface area contributed by atoms with Gasteiger partial charge >= 0.3 is 12.4 Å². The van der Waals surface area contributed by atoms with E-state index < -0.39 is 80.8 Å². The van der Waals surface area contributed by atoms with Crippen molar-refractivity contribution in [2.75, 3.05) is 21.3 Å². The molecular formula is C44H32Cl4F6N8O6. The second-order valence-corrected chi connectivity index (χ2v) is 16.1. The first-order valence-electron chi connectivity index (χ1n) is 19.3. The van der Waals surface area contributed by atoms with Crippen LogP contribution in [0.4, 0.5) is 60.5 Å². The standard InChI is InChI=1S/C44H32Cl4F6N8O6/c1-19-15-25(55-41(67)37(21(3)63)61-59-32-17-23(11-13-28(32)45)39(65)56-30-9-5-7-26(34(30)47)43(49,50)51)16-20(2)36(19)58-42(68)38(22(4)64)62-60-33-18-24(12-14-29(33)46)40(66)57-31-10-6-8-27(35(31)48)44(52,53)54/h5-18,37-38H,1-4H3,(H,55,67)(H,56,65)(H,57,66)(H,58,68). The Bertz CT molecular complexity index is 2910. The van der Waals surface area contributed by atoms with Crippen LogP contribution in [0.25, 0.3) is 0 Å². The number of ketones is 2. The summed E-state index contributed by atoms with van der Waals surface area (Å²) in [7, 11) is 0. The van der Waals surface area contributed by atoms with Gasteiger partial charge in [0, 0.05) is 22.5 Å². The molecule has 0 spiro atoms. The highest BCUT2D eigenvalue weighted by atomic mass is 35.5. The smallest absolute Gasteiger partial charge is 0.324 e. The number of rotatable bonds is 14. The highest BCUT2D eigenvalue weighted by Gasteiger charge is 2.35. The quantitative estimate of drug-likeness (QED) is 0.0484. The molecule has 5 rings (SSSR count). The Kier molecular flexibility index (Phi) is 16.5. The fourth-order valence-electron chi connectivity index (χ4n) is 6.06. The van der Waals surface area contributed by atoms with Crippen LogP contribution in [0.3, 0.4) is 0 Å². The third-order valence-corrected chi connectivity index (χ3v) is 10.9. The molecule has 2 atom stereocenters. The highest BCUT2D eigenvalue weighted by molar-refractivity contribution is 6.36. The van der Waals surface area contributed by atoms with Gasteiger partial charge in [0.05, 0.1) is 42.6 Å². The van der Waals surface area contributed by atoms with Crippen LogP contribution in [-0.4, -0.2) is 47.3 Å². The molecule has 4 N–H and O–H groups in total. The van der Waals surface area contributed by atoms with E-state index in [0.717, 1.165) is 56.3 Å². The molecule has 0 saturated heterocycles. The molecule has 2 unspecified atom stereocenters. The summed E-state index contributed by atoms with van der Waals surface area (Å²) in [5.41, 5.74) is -2.53. The van der Waals surface area contributed by atoms with Crippen molar-refractivity contribution in [2.45, 2.75) is 52.1 Å². The third-order valence-electron chi connectivity index (χ3n) is 9.40. The number of anilines is 4. The summed E-state index contributed by atoms with van der Waals surface area (Å²) < 4.78 is 80.0. The summed E-state index contributed by atoms with van der Waals surface area (Å²) in [6.45, 7) is 5.24. The van der Waals surface area contributed by atoms with Crippen LogP contribution in [0.1, 0.15) is 56.8 Å². The molecule has 4 amide bonds. The van der Waals surface area contributed by atoms with E-state index in [1.807, 2.05) is 0 Å². The third kappa shape index (κ3) is 12.8. The fraction of sp³-hybridized carbons (Fsp3) is 0.182. The van der Waals surface area contributed by atoms with Gasteiger partial charge in [0.1, 0.15) is 11.4 Å². The Labute approximate surface area is 401 Å². The summed E-state index contributed by atoms with van der Waals surface area (Å²) in [5.74, 6) is -5.18. The molecule has 0 fully saturated rings. The topological polar surface area (TPSA) is 200 Å². The number of carbonyl (C=O) groups is 6. The molecule has 0 radical (unpaired) electrons. The molecule has 68 heavy (non-hydrogen) atoms. The lowest BCUT2D eigenvalue weighted by Crippen LogP contribution is -2.33. The summed E-state index contributed by atoms with van der Waals surface area (Å²) in [4.78, 5) is 78.0. The second-order valence-electron chi connectivity index (χ2n) is 14.5. The van der Waals surface area contributed by atoms with Gasteiger partial charge in [-0.3, -0.25) is 28.8 Å². The molecule has 354 valence electrons. The van der Waals surface area contributed by atoms with Gasteiger partial charge in [-0.2, -0.15) is 46.8 Å². The zero-order valence-electron chi connectivity index (χ0n) is 35.3. The van der Waals surface area contributed by atoms with E-state index >= 15 is 0 Å². The first kappa shape index (κ1) is 52.2. The molecule has 5 aromatic rings. The maximum Gasteiger partial charge on any atom is 0.417 e. The molecular weight excluding hydrogens is 992 g/mol. The van der Waals surface area contributed by atoms with Crippen molar-refractivity contribution in [1.29, 1.82) is 0 Å². The predicted molar refractivity (Wildman–Crippen MR) is 243 cm³/mol. The number of nitrogens with one attached hydrogen (secondary N) is 4. The molecule has 0 heterocycles. The van der Waals surface area contributed by atoms with E-state index in [2.05, 4.69) is 41.7 Å². The van der Waals surface area contributed by atoms with Gasteiger partial charge in [0.25, 0.3) is 23.6 Å². The molecule has 0 aromatic heterocycles. The van der Waals surface area contributed by atoms with Crippen molar-refractivity contribution in [1.82, 2.24) is 0 Å². The van der Waals surface area contributed by atoms with Crippen LogP contribution in [0.5, 0.6) is 0 Å². The van der Waals surface area contributed by atoms with E-state index in [4.69, 9.17) is 46.4 Å². The van der Waals surface area contributed by atoms with Gasteiger partial charge in [-0.25, -0.2) is 0 Å². The van der Waals surface area contributed by atoms with E-state index in [1.165, 1.54) is 42.5 Å². The Morgan fingerprint density at radius 2 is 0.912 bits per heavy atom. The van der Waals surface area contributed by atoms with Gasteiger partial charge in [-0.15, -0.1) is 0 Å². The van der Waals surface area contributed by atoms with Crippen molar-refractivity contribution in [3.63, 3.8) is 0 Å². The van der Waals surface area contributed by atoms with E-state index in [-0.39, 0.29) is 55.3 Å². The minimum atomic E-state index is -4.79. The predicted octanol–water partition coefficient (Wildman–Crippen LogP) is 12.8. The summed E-state index contributed by atoms with van der Waals surface area (Å²) in [6, 6.07) is 12.5. The zero-order chi connectivity index (χ0) is 50.4.